The van der Waals surface area contributed by atoms with Crippen LogP contribution in [-0.4, -0.2) is 40.0 Å². The zero-order valence-electron chi connectivity index (χ0n) is 22.1. The van der Waals surface area contributed by atoms with Crippen LogP contribution >= 0.6 is 34.4 Å². The van der Waals surface area contributed by atoms with Crippen LogP contribution in [0.15, 0.2) is 65.6 Å². The number of carbonyl (C=O) groups excluding carboxylic acids is 3. The standard InChI is InChI=1S/C28H21F3IN3O7S/c1-2-41-22-11-17(10-21(32)25(22)42-15-16-6-8-20(9-7-16)35(39)40)12-23-26(37)34(27(38)43-23)14-24(36)33-19-5-3-4-18(13-19)28(29,30)31/h3-13H,2,14-15H2,1H3,(H,33,36)/b23-12-. The average molecular weight is 727 g/mol. The molecule has 1 aliphatic heterocycles. The Labute approximate surface area is 260 Å². The van der Waals surface area contributed by atoms with Gasteiger partial charge in [0.2, 0.25) is 5.91 Å². The molecule has 224 valence electrons. The average Bonchev–Trinajstić information content (AvgIpc) is 3.19. The smallest absolute Gasteiger partial charge is 0.416 e. The Kier molecular flexibility index (Phi) is 9.95. The van der Waals surface area contributed by atoms with Gasteiger partial charge in [-0.25, -0.2) is 0 Å². The highest BCUT2D eigenvalue weighted by atomic mass is 127. The summed E-state index contributed by atoms with van der Waals surface area (Å²) < 4.78 is 51.2. The maximum Gasteiger partial charge on any atom is 0.416 e. The van der Waals surface area contributed by atoms with Crippen molar-refractivity contribution < 1.29 is 42.0 Å². The van der Waals surface area contributed by atoms with Gasteiger partial charge < -0.3 is 14.8 Å². The van der Waals surface area contributed by atoms with Crippen LogP contribution < -0.4 is 14.8 Å². The maximum atomic E-state index is 13.0. The first-order valence-corrected chi connectivity index (χ1v) is 14.3. The minimum atomic E-state index is -4.60. The van der Waals surface area contributed by atoms with Crippen molar-refractivity contribution in [2.45, 2.75) is 19.7 Å². The van der Waals surface area contributed by atoms with Crippen LogP contribution in [0.3, 0.4) is 0 Å². The number of imide groups is 1. The zero-order chi connectivity index (χ0) is 31.3. The molecule has 0 atom stereocenters. The van der Waals surface area contributed by atoms with Gasteiger partial charge in [-0.2, -0.15) is 13.2 Å². The van der Waals surface area contributed by atoms with E-state index >= 15 is 0 Å². The number of alkyl halides is 3. The normalized spacial score (nSPS) is 14.3. The van der Waals surface area contributed by atoms with Gasteiger partial charge in [0.15, 0.2) is 11.5 Å². The molecule has 0 aliphatic carbocycles. The van der Waals surface area contributed by atoms with E-state index in [9.17, 15) is 37.7 Å². The monoisotopic (exact) mass is 727 g/mol. The number of nitro groups is 1. The second-order valence-corrected chi connectivity index (χ2v) is 11.0. The molecule has 0 aromatic heterocycles. The SMILES string of the molecule is CCOc1cc(/C=C2\SC(=O)N(CC(=O)Nc3cccc(C(F)(F)F)c3)C2=O)cc(I)c1OCc1ccc([N+](=O)[O-])cc1. The third kappa shape index (κ3) is 8.04. The quantitative estimate of drug-likeness (QED) is 0.104. The lowest BCUT2D eigenvalue weighted by Gasteiger charge is -2.15. The number of thioether (sulfide) groups is 1. The molecule has 3 aromatic carbocycles. The molecule has 1 fully saturated rings. The van der Waals surface area contributed by atoms with Gasteiger partial charge in [-0.1, -0.05) is 6.07 Å². The number of anilines is 1. The minimum absolute atomic E-state index is 0.0367. The number of hydrogen-bond acceptors (Lipinski definition) is 8. The summed E-state index contributed by atoms with van der Waals surface area (Å²) in [7, 11) is 0. The minimum Gasteiger partial charge on any atom is -0.490 e. The van der Waals surface area contributed by atoms with E-state index < -0.39 is 40.3 Å². The molecule has 1 aliphatic rings. The Bertz CT molecular complexity index is 1610. The molecule has 1 N–H and O–H groups in total. The number of nitrogens with zero attached hydrogens (tertiary/aromatic N) is 2. The molecule has 3 aromatic rings. The predicted octanol–water partition coefficient (Wildman–Crippen LogP) is 6.87. The van der Waals surface area contributed by atoms with Gasteiger partial charge in [0.25, 0.3) is 16.8 Å². The molecule has 1 saturated heterocycles. The summed E-state index contributed by atoms with van der Waals surface area (Å²) in [6.07, 6.45) is -3.14. The summed E-state index contributed by atoms with van der Waals surface area (Å²) in [5, 5.41) is 12.4. The van der Waals surface area contributed by atoms with Crippen LogP contribution in [0.4, 0.5) is 29.3 Å². The first kappa shape index (κ1) is 31.8. The maximum absolute atomic E-state index is 13.0. The number of hydrogen-bond donors (Lipinski definition) is 1. The Morgan fingerprint density at radius 2 is 1.84 bits per heavy atom. The molecule has 4 rings (SSSR count). The molecule has 0 saturated carbocycles. The highest BCUT2D eigenvalue weighted by Gasteiger charge is 2.36. The number of benzene rings is 3. The Balaban J connectivity index is 1.47. The fourth-order valence-corrected chi connectivity index (χ4v) is 5.47. The second-order valence-electron chi connectivity index (χ2n) is 8.87. The first-order valence-electron chi connectivity index (χ1n) is 12.4. The molecule has 0 unspecified atom stereocenters. The highest BCUT2D eigenvalue weighted by Crippen LogP contribution is 2.38. The topological polar surface area (TPSA) is 128 Å². The van der Waals surface area contributed by atoms with Crippen molar-refractivity contribution in [2.24, 2.45) is 0 Å². The fourth-order valence-electron chi connectivity index (χ4n) is 3.85. The van der Waals surface area contributed by atoms with Gasteiger partial charge in [0.1, 0.15) is 13.2 Å². The summed E-state index contributed by atoms with van der Waals surface area (Å²) >= 11 is 2.64. The summed E-state index contributed by atoms with van der Waals surface area (Å²) in [6.45, 7) is 1.49. The Hall–Kier alpha value is -4.12. The number of non-ortho nitro benzene ring substituents is 1. The van der Waals surface area contributed by atoms with Crippen molar-refractivity contribution in [1.29, 1.82) is 0 Å². The first-order chi connectivity index (χ1) is 20.3. The lowest BCUT2D eigenvalue weighted by atomic mass is 10.1. The molecular weight excluding hydrogens is 706 g/mol. The van der Waals surface area contributed by atoms with Gasteiger partial charge in [-0.15, -0.1) is 0 Å². The number of amides is 3. The van der Waals surface area contributed by atoms with Crippen molar-refractivity contribution >= 4 is 68.9 Å². The molecule has 43 heavy (non-hydrogen) atoms. The number of rotatable bonds is 10. The molecule has 0 bridgehead atoms. The number of nitrogens with one attached hydrogen (secondary N) is 1. The van der Waals surface area contributed by atoms with E-state index in [0.717, 1.165) is 18.2 Å². The van der Waals surface area contributed by atoms with Crippen LogP contribution in [0.5, 0.6) is 11.5 Å². The third-order valence-electron chi connectivity index (χ3n) is 5.81. The van der Waals surface area contributed by atoms with E-state index in [4.69, 9.17) is 9.47 Å². The van der Waals surface area contributed by atoms with Crippen molar-refractivity contribution in [3.8, 4) is 11.5 Å². The lowest BCUT2D eigenvalue weighted by Crippen LogP contribution is -2.36. The van der Waals surface area contributed by atoms with Crippen LogP contribution in [0.25, 0.3) is 6.08 Å². The van der Waals surface area contributed by atoms with E-state index in [0.29, 0.717) is 49.5 Å². The molecule has 3 amide bonds. The molecular formula is C28H21F3IN3O7S. The van der Waals surface area contributed by atoms with Gasteiger partial charge in [-0.05, 0) is 101 Å². The molecule has 0 spiro atoms. The van der Waals surface area contributed by atoms with E-state index in [1.807, 2.05) is 22.6 Å². The Morgan fingerprint density at radius 1 is 1.12 bits per heavy atom. The van der Waals surface area contributed by atoms with Gasteiger partial charge >= 0.3 is 6.18 Å². The number of halogens is 4. The molecule has 15 heteroatoms. The van der Waals surface area contributed by atoms with Crippen LogP contribution in [0, 0.1) is 13.7 Å². The van der Waals surface area contributed by atoms with Crippen LogP contribution in [-0.2, 0) is 22.4 Å². The van der Waals surface area contributed by atoms with Crippen molar-refractivity contribution in [3.05, 3.63) is 95.9 Å². The second kappa shape index (κ2) is 13.5. The number of nitro benzene ring substituents is 1. The summed E-state index contributed by atoms with van der Waals surface area (Å²) in [4.78, 5) is 49.1. The van der Waals surface area contributed by atoms with Crippen molar-refractivity contribution in [1.82, 2.24) is 4.90 Å². The molecule has 10 nitrogen and oxygen atoms in total. The van der Waals surface area contributed by atoms with E-state index in [1.165, 1.54) is 24.3 Å². The summed E-state index contributed by atoms with van der Waals surface area (Å²) in [5.41, 5.74) is 0.0751. The lowest BCUT2D eigenvalue weighted by molar-refractivity contribution is -0.384. The van der Waals surface area contributed by atoms with E-state index in [1.54, 1.807) is 31.2 Å². The van der Waals surface area contributed by atoms with Gasteiger partial charge in [-0.3, -0.25) is 29.4 Å². The van der Waals surface area contributed by atoms with Crippen molar-refractivity contribution in [3.63, 3.8) is 0 Å². The zero-order valence-corrected chi connectivity index (χ0v) is 25.1. The summed E-state index contributed by atoms with van der Waals surface area (Å²) in [5.74, 6) is -0.800. The van der Waals surface area contributed by atoms with E-state index in [-0.39, 0.29) is 22.9 Å². The largest absolute Gasteiger partial charge is 0.490 e. The highest BCUT2D eigenvalue weighted by molar-refractivity contribution is 14.1. The molecule has 0 radical (unpaired) electrons. The fraction of sp³-hybridized carbons (Fsp3) is 0.179. The molecule has 1 heterocycles. The summed E-state index contributed by atoms with van der Waals surface area (Å²) in [6, 6.07) is 13.2. The Morgan fingerprint density at radius 3 is 2.49 bits per heavy atom. The number of ether oxygens (including phenoxy) is 2. The van der Waals surface area contributed by atoms with Crippen molar-refractivity contribution in [2.75, 3.05) is 18.5 Å². The number of carbonyl (C=O) groups is 3. The van der Waals surface area contributed by atoms with Gasteiger partial charge in [0, 0.05) is 17.8 Å². The van der Waals surface area contributed by atoms with Crippen LogP contribution in [0.1, 0.15) is 23.6 Å². The third-order valence-corrected chi connectivity index (χ3v) is 7.52. The van der Waals surface area contributed by atoms with Gasteiger partial charge in [0.05, 0.1) is 25.6 Å². The predicted molar refractivity (Wildman–Crippen MR) is 161 cm³/mol. The van der Waals surface area contributed by atoms with E-state index in [2.05, 4.69) is 5.32 Å². The van der Waals surface area contributed by atoms with Crippen LogP contribution in [0.2, 0.25) is 0 Å².